The first-order chi connectivity index (χ1) is 6.74. The van der Waals surface area contributed by atoms with Crippen LogP contribution in [0.15, 0.2) is 12.2 Å². The van der Waals surface area contributed by atoms with Gasteiger partial charge in [0.1, 0.15) is 0 Å². The maximum atomic E-state index is 5.78. The second-order valence-corrected chi connectivity index (χ2v) is 4.74. The molecule has 0 bridgehead atoms. The molecule has 3 atom stereocenters. The highest BCUT2D eigenvalue weighted by molar-refractivity contribution is 7.80. The van der Waals surface area contributed by atoms with Gasteiger partial charge < -0.3 is 4.74 Å². The maximum absolute atomic E-state index is 5.78. The molecule has 0 amide bonds. The molecular formula is C12H22OS. The first kappa shape index (κ1) is 12.1. The van der Waals surface area contributed by atoms with E-state index >= 15 is 0 Å². The molecule has 0 N–H and O–H groups in total. The molecule has 2 heteroatoms. The first-order valence-electron chi connectivity index (χ1n) is 5.61. The van der Waals surface area contributed by atoms with Crippen LogP contribution in [-0.4, -0.2) is 18.5 Å². The van der Waals surface area contributed by atoms with Gasteiger partial charge in [0.2, 0.25) is 0 Å². The van der Waals surface area contributed by atoms with Crippen molar-refractivity contribution >= 4 is 12.6 Å². The predicted molar refractivity (Wildman–Crippen MR) is 64.9 cm³/mol. The Labute approximate surface area is 93.3 Å². The minimum atomic E-state index is 0.491. The van der Waals surface area contributed by atoms with E-state index in [1.807, 2.05) is 6.08 Å². The van der Waals surface area contributed by atoms with E-state index in [0.717, 1.165) is 24.2 Å². The Kier molecular flexibility index (Phi) is 5.64. The highest BCUT2D eigenvalue weighted by Crippen LogP contribution is 2.30. The van der Waals surface area contributed by atoms with Gasteiger partial charge in [0.25, 0.3) is 0 Å². The number of thiol groups is 1. The van der Waals surface area contributed by atoms with E-state index in [-0.39, 0.29) is 0 Å². The third-order valence-electron chi connectivity index (χ3n) is 3.25. The van der Waals surface area contributed by atoms with Crippen LogP contribution in [0.25, 0.3) is 0 Å². The van der Waals surface area contributed by atoms with E-state index in [9.17, 15) is 0 Å². The normalized spacial score (nSPS) is 33.8. The average Bonchev–Trinajstić information content (AvgIpc) is 2.18. The monoisotopic (exact) mass is 214 g/mol. The Morgan fingerprint density at radius 1 is 1.21 bits per heavy atom. The summed E-state index contributed by atoms with van der Waals surface area (Å²) in [6.07, 6.45) is 8.39. The number of rotatable bonds is 4. The van der Waals surface area contributed by atoms with Gasteiger partial charge in [-0.2, -0.15) is 12.6 Å². The summed E-state index contributed by atoms with van der Waals surface area (Å²) in [4.78, 5) is 0. The van der Waals surface area contributed by atoms with E-state index in [1.165, 1.54) is 19.3 Å². The molecule has 0 radical (unpaired) electrons. The molecule has 0 aromatic rings. The van der Waals surface area contributed by atoms with Crippen molar-refractivity contribution in [2.75, 3.05) is 12.4 Å². The summed E-state index contributed by atoms with van der Waals surface area (Å²) in [7, 11) is 0. The van der Waals surface area contributed by atoms with Gasteiger partial charge >= 0.3 is 0 Å². The quantitative estimate of drug-likeness (QED) is 0.558. The standard InChI is InChI=1S/C12H22OS/c1-10-5-6-12(9-11(10)2)13-7-3-4-8-14/h3-4,10-12,14H,5-9H2,1-2H3. The predicted octanol–water partition coefficient (Wildman–Crippen LogP) is 3.31. The maximum Gasteiger partial charge on any atom is 0.0651 e. The fourth-order valence-corrected chi connectivity index (χ4v) is 2.13. The molecule has 1 fully saturated rings. The van der Waals surface area contributed by atoms with E-state index in [4.69, 9.17) is 4.74 Å². The van der Waals surface area contributed by atoms with Crippen LogP contribution in [0.5, 0.6) is 0 Å². The van der Waals surface area contributed by atoms with Gasteiger partial charge in [0.15, 0.2) is 0 Å². The highest BCUT2D eigenvalue weighted by Gasteiger charge is 2.24. The largest absolute Gasteiger partial charge is 0.374 e. The summed E-state index contributed by atoms with van der Waals surface area (Å²) in [5.41, 5.74) is 0. The number of hydrogen-bond donors (Lipinski definition) is 1. The Hall–Kier alpha value is 0.0500. The second kappa shape index (κ2) is 6.52. The zero-order valence-electron chi connectivity index (χ0n) is 9.28. The van der Waals surface area contributed by atoms with Crippen molar-refractivity contribution in [1.82, 2.24) is 0 Å². The number of ether oxygens (including phenoxy) is 1. The van der Waals surface area contributed by atoms with Gasteiger partial charge in [-0.25, -0.2) is 0 Å². The topological polar surface area (TPSA) is 9.23 Å². The van der Waals surface area contributed by atoms with Gasteiger partial charge in [-0.3, -0.25) is 0 Å². The van der Waals surface area contributed by atoms with Crippen LogP contribution >= 0.6 is 12.6 Å². The van der Waals surface area contributed by atoms with Gasteiger partial charge in [-0.05, 0) is 31.1 Å². The molecule has 0 spiro atoms. The van der Waals surface area contributed by atoms with Crippen LogP contribution in [0.2, 0.25) is 0 Å². The second-order valence-electron chi connectivity index (χ2n) is 4.38. The van der Waals surface area contributed by atoms with E-state index in [0.29, 0.717) is 6.10 Å². The zero-order valence-corrected chi connectivity index (χ0v) is 10.2. The summed E-state index contributed by atoms with van der Waals surface area (Å²) in [6.45, 7) is 5.44. The van der Waals surface area contributed by atoms with Crippen LogP contribution in [0.1, 0.15) is 33.1 Å². The molecule has 0 saturated heterocycles. The van der Waals surface area contributed by atoms with E-state index in [2.05, 4.69) is 32.6 Å². The van der Waals surface area contributed by atoms with Crippen molar-refractivity contribution in [3.05, 3.63) is 12.2 Å². The molecular weight excluding hydrogens is 192 g/mol. The van der Waals surface area contributed by atoms with Crippen LogP contribution < -0.4 is 0 Å². The number of hydrogen-bond acceptors (Lipinski definition) is 2. The average molecular weight is 214 g/mol. The third kappa shape index (κ3) is 4.05. The molecule has 1 nitrogen and oxygen atoms in total. The molecule has 82 valence electrons. The summed E-state index contributed by atoms with van der Waals surface area (Å²) in [6, 6.07) is 0. The Morgan fingerprint density at radius 3 is 2.64 bits per heavy atom. The molecule has 14 heavy (non-hydrogen) atoms. The van der Waals surface area contributed by atoms with Gasteiger partial charge in [0, 0.05) is 5.75 Å². The fourth-order valence-electron chi connectivity index (χ4n) is 1.98. The summed E-state index contributed by atoms with van der Waals surface area (Å²) in [5.74, 6) is 2.51. The molecule has 1 aliphatic carbocycles. The van der Waals surface area contributed by atoms with E-state index in [1.54, 1.807) is 0 Å². The lowest BCUT2D eigenvalue weighted by Gasteiger charge is -2.31. The minimum Gasteiger partial charge on any atom is -0.374 e. The van der Waals surface area contributed by atoms with Gasteiger partial charge in [-0.15, -0.1) is 0 Å². The molecule has 0 aromatic heterocycles. The van der Waals surface area contributed by atoms with Crippen LogP contribution in [0.4, 0.5) is 0 Å². The molecule has 1 aliphatic rings. The van der Waals surface area contributed by atoms with Gasteiger partial charge in [0.05, 0.1) is 12.7 Å². The first-order valence-corrected chi connectivity index (χ1v) is 6.24. The highest BCUT2D eigenvalue weighted by atomic mass is 32.1. The Morgan fingerprint density at radius 2 is 2.00 bits per heavy atom. The summed E-state index contributed by atoms with van der Waals surface area (Å²) >= 11 is 4.10. The lowest BCUT2D eigenvalue weighted by atomic mass is 9.80. The minimum absolute atomic E-state index is 0.491. The fraction of sp³-hybridized carbons (Fsp3) is 0.833. The molecule has 0 aliphatic heterocycles. The zero-order chi connectivity index (χ0) is 10.4. The smallest absolute Gasteiger partial charge is 0.0651 e. The SMILES string of the molecule is CC1CCC(OCC=CCS)CC1C. The van der Waals surface area contributed by atoms with Crippen LogP contribution in [0.3, 0.4) is 0 Å². The molecule has 0 heterocycles. The van der Waals surface area contributed by atoms with E-state index < -0.39 is 0 Å². The van der Waals surface area contributed by atoms with Crippen LogP contribution in [0, 0.1) is 11.8 Å². The molecule has 1 saturated carbocycles. The van der Waals surface area contributed by atoms with Crippen molar-refractivity contribution in [1.29, 1.82) is 0 Å². The lowest BCUT2D eigenvalue weighted by molar-refractivity contribution is 0.0173. The van der Waals surface area contributed by atoms with Crippen molar-refractivity contribution in [3.63, 3.8) is 0 Å². The molecule has 1 rings (SSSR count). The Balaban J connectivity index is 2.16. The Bertz CT molecular complexity index is 179. The van der Waals surface area contributed by atoms with Gasteiger partial charge in [-0.1, -0.05) is 26.0 Å². The molecule has 3 unspecified atom stereocenters. The molecule has 0 aromatic carbocycles. The third-order valence-corrected chi connectivity index (χ3v) is 3.46. The van der Waals surface area contributed by atoms with Crippen molar-refractivity contribution in [3.8, 4) is 0 Å². The summed E-state index contributed by atoms with van der Waals surface area (Å²) in [5, 5.41) is 0. The lowest BCUT2D eigenvalue weighted by Crippen LogP contribution is -2.26. The van der Waals surface area contributed by atoms with Crippen molar-refractivity contribution < 1.29 is 4.74 Å². The van der Waals surface area contributed by atoms with Crippen molar-refractivity contribution in [2.45, 2.75) is 39.2 Å². The summed E-state index contributed by atoms with van der Waals surface area (Å²) < 4.78 is 5.78. The van der Waals surface area contributed by atoms with Crippen molar-refractivity contribution in [2.24, 2.45) is 11.8 Å². The van der Waals surface area contributed by atoms with Crippen LogP contribution in [-0.2, 0) is 4.74 Å².